The first-order valence-electron chi connectivity index (χ1n) is 3.04. The third-order valence-electron chi connectivity index (χ3n) is 0.894. The molecule has 0 aromatic carbocycles. The van der Waals surface area contributed by atoms with Crippen molar-refractivity contribution in [2.45, 2.75) is 6.92 Å². The predicted molar refractivity (Wildman–Crippen MR) is 39.0 cm³/mol. The standard InChI is InChI=1S/C5H7N3O2S/c1-2-10-7-5(9)4-3-6-8-11-4/h3H,2H2,1H3,(H,7,9). The summed E-state index contributed by atoms with van der Waals surface area (Å²) < 4.78 is 3.53. The van der Waals surface area contributed by atoms with Crippen molar-refractivity contribution in [2.24, 2.45) is 0 Å². The first kappa shape index (κ1) is 8.09. The van der Waals surface area contributed by atoms with E-state index in [-0.39, 0.29) is 5.91 Å². The van der Waals surface area contributed by atoms with Crippen LogP contribution in [0.25, 0.3) is 0 Å². The molecule has 0 unspecified atom stereocenters. The summed E-state index contributed by atoms with van der Waals surface area (Å²) in [5.74, 6) is -0.304. The SMILES string of the molecule is CCONC(=O)c1cnns1. The molecular weight excluding hydrogens is 166 g/mol. The summed E-state index contributed by atoms with van der Waals surface area (Å²) >= 11 is 1.03. The Kier molecular flexibility index (Phi) is 2.94. The Morgan fingerprint density at radius 1 is 1.91 bits per heavy atom. The first-order chi connectivity index (χ1) is 5.34. The predicted octanol–water partition coefficient (Wildman–Crippen LogP) is 0.219. The minimum absolute atomic E-state index is 0.304. The van der Waals surface area contributed by atoms with Gasteiger partial charge >= 0.3 is 0 Å². The van der Waals surface area contributed by atoms with Crippen molar-refractivity contribution in [3.05, 3.63) is 11.1 Å². The second-order valence-electron chi connectivity index (χ2n) is 1.65. The maximum atomic E-state index is 11.0. The number of hydrogen-bond acceptors (Lipinski definition) is 5. The van der Waals surface area contributed by atoms with Gasteiger partial charge in [-0.25, -0.2) is 5.48 Å². The lowest BCUT2D eigenvalue weighted by Gasteiger charge is -1.98. The molecule has 0 atom stereocenters. The third kappa shape index (κ3) is 2.24. The summed E-state index contributed by atoms with van der Waals surface area (Å²) in [7, 11) is 0. The van der Waals surface area contributed by atoms with Crippen molar-refractivity contribution >= 4 is 17.4 Å². The summed E-state index contributed by atoms with van der Waals surface area (Å²) in [6.07, 6.45) is 1.39. The molecule has 0 aliphatic heterocycles. The van der Waals surface area contributed by atoms with Crippen molar-refractivity contribution in [1.82, 2.24) is 15.1 Å². The van der Waals surface area contributed by atoms with E-state index < -0.39 is 0 Å². The molecule has 0 saturated heterocycles. The van der Waals surface area contributed by atoms with Gasteiger partial charge in [0.25, 0.3) is 5.91 Å². The molecule has 11 heavy (non-hydrogen) atoms. The normalized spacial score (nSPS) is 9.55. The number of hydroxylamine groups is 1. The molecule has 0 aliphatic rings. The van der Waals surface area contributed by atoms with E-state index in [2.05, 4.69) is 19.9 Å². The second-order valence-corrected chi connectivity index (χ2v) is 2.43. The van der Waals surface area contributed by atoms with Crippen LogP contribution in [-0.2, 0) is 4.84 Å². The smallest absolute Gasteiger partial charge is 0.274 e. The van der Waals surface area contributed by atoms with Gasteiger partial charge in [0.15, 0.2) is 0 Å². The number of carbonyl (C=O) groups excluding carboxylic acids is 1. The molecule has 0 bridgehead atoms. The lowest BCUT2D eigenvalue weighted by Crippen LogP contribution is -2.22. The van der Waals surface area contributed by atoms with E-state index in [9.17, 15) is 4.79 Å². The van der Waals surface area contributed by atoms with Gasteiger partial charge in [0, 0.05) is 0 Å². The highest BCUT2D eigenvalue weighted by molar-refractivity contribution is 7.07. The number of amides is 1. The fraction of sp³-hybridized carbons (Fsp3) is 0.400. The van der Waals surface area contributed by atoms with E-state index in [0.717, 1.165) is 11.5 Å². The van der Waals surface area contributed by atoms with Crippen molar-refractivity contribution < 1.29 is 9.63 Å². The molecule has 0 saturated carbocycles. The fourth-order valence-corrected chi connectivity index (χ4v) is 0.856. The minimum Gasteiger partial charge on any atom is -0.274 e. The van der Waals surface area contributed by atoms with Crippen LogP contribution in [0.4, 0.5) is 0 Å². The summed E-state index contributed by atoms with van der Waals surface area (Å²) in [5.41, 5.74) is 2.23. The Labute approximate surface area is 67.5 Å². The Morgan fingerprint density at radius 2 is 2.73 bits per heavy atom. The van der Waals surface area contributed by atoms with Gasteiger partial charge in [0.1, 0.15) is 4.88 Å². The van der Waals surface area contributed by atoms with Gasteiger partial charge in [-0.3, -0.25) is 9.63 Å². The quantitative estimate of drug-likeness (QED) is 0.664. The highest BCUT2D eigenvalue weighted by Crippen LogP contribution is 2.00. The molecule has 6 heteroatoms. The number of hydrogen-bond donors (Lipinski definition) is 1. The van der Waals surface area contributed by atoms with Gasteiger partial charge in [-0.05, 0) is 18.5 Å². The monoisotopic (exact) mass is 173 g/mol. The van der Waals surface area contributed by atoms with Crippen LogP contribution in [0.15, 0.2) is 6.20 Å². The molecule has 0 aliphatic carbocycles. The molecule has 60 valence electrons. The lowest BCUT2D eigenvalue weighted by atomic mass is 10.5. The van der Waals surface area contributed by atoms with Crippen molar-refractivity contribution in [3.63, 3.8) is 0 Å². The number of carbonyl (C=O) groups is 1. The topological polar surface area (TPSA) is 64.1 Å². The first-order valence-corrected chi connectivity index (χ1v) is 3.81. The number of nitrogens with zero attached hydrogens (tertiary/aromatic N) is 2. The maximum Gasteiger partial charge on any atom is 0.288 e. The average Bonchev–Trinajstić information content (AvgIpc) is 2.52. The molecule has 5 nitrogen and oxygen atoms in total. The van der Waals surface area contributed by atoms with Crippen LogP contribution >= 0.6 is 11.5 Å². The number of aromatic nitrogens is 2. The minimum atomic E-state index is -0.304. The Hall–Kier alpha value is -1.01. The summed E-state index contributed by atoms with van der Waals surface area (Å²) in [6.45, 7) is 2.23. The molecule has 0 spiro atoms. The van der Waals surface area contributed by atoms with Crippen LogP contribution in [-0.4, -0.2) is 22.1 Å². The molecular formula is C5H7N3O2S. The highest BCUT2D eigenvalue weighted by Gasteiger charge is 2.06. The van der Waals surface area contributed by atoms with Crippen molar-refractivity contribution in [1.29, 1.82) is 0 Å². The van der Waals surface area contributed by atoms with Gasteiger partial charge in [0.05, 0.1) is 12.8 Å². The molecule has 0 radical (unpaired) electrons. The lowest BCUT2D eigenvalue weighted by molar-refractivity contribution is 0.0368. The average molecular weight is 173 g/mol. The number of rotatable bonds is 3. The van der Waals surface area contributed by atoms with Crippen LogP contribution < -0.4 is 5.48 Å². The van der Waals surface area contributed by atoms with Gasteiger partial charge in [0.2, 0.25) is 0 Å². The van der Waals surface area contributed by atoms with Gasteiger partial charge in [-0.1, -0.05) is 4.49 Å². The van der Waals surface area contributed by atoms with E-state index in [4.69, 9.17) is 0 Å². The van der Waals surface area contributed by atoms with Crippen LogP contribution in [0, 0.1) is 0 Å². The van der Waals surface area contributed by atoms with E-state index >= 15 is 0 Å². The second kappa shape index (κ2) is 3.99. The van der Waals surface area contributed by atoms with E-state index in [1.807, 2.05) is 0 Å². The largest absolute Gasteiger partial charge is 0.288 e. The van der Waals surface area contributed by atoms with E-state index in [0.29, 0.717) is 11.5 Å². The Bertz CT molecular complexity index is 224. The molecule has 1 amide bonds. The van der Waals surface area contributed by atoms with E-state index in [1.165, 1.54) is 6.20 Å². The summed E-state index contributed by atoms with van der Waals surface area (Å²) in [4.78, 5) is 16.1. The Balaban J connectivity index is 2.43. The molecule has 1 aromatic rings. The van der Waals surface area contributed by atoms with Crippen LogP contribution in [0.1, 0.15) is 16.6 Å². The maximum absolute atomic E-state index is 11.0. The van der Waals surface area contributed by atoms with Crippen molar-refractivity contribution in [2.75, 3.05) is 6.61 Å². The zero-order valence-electron chi connectivity index (χ0n) is 5.90. The van der Waals surface area contributed by atoms with E-state index in [1.54, 1.807) is 6.92 Å². The van der Waals surface area contributed by atoms with Gasteiger partial charge in [-0.2, -0.15) is 0 Å². The fourth-order valence-electron chi connectivity index (χ4n) is 0.455. The van der Waals surface area contributed by atoms with Crippen molar-refractivity contribution in [3.8, 4) is 0 Å². The molecule has 1 heterocycles. The zero-order valence-corrected chi connectivity index (χ0v) is 6.72. The molecule has 0 fully saturated rings. The molecule has 1 N–H and O–H groups in total. The highest BCUT2D eigenvalue weighted by atomic mass is 32.1. The zero-order chi connectivity index (χ0) is 8.10. The van der Waals surface area contributed by atoms with Crippen LogP contribution in [0.2, 0.25) is 0 Å². The summed E-state index contributed by atoms with van der Waals surface area (Å²) in [5, 5.41) is 3.50. The van der Waals surface area contributed by atoms with Gasteiger partial charge in [-0.15, -0.1) is 5.10 Å². The van der Waals surface area contributed by atoms with Crippen LogP contribution in [0.3, 0.4) is 0 Å². The number of nitrogens with one attached hydrogen (secondary N) is 1. The van der Waals surface area contributed by atoms with Crippen LogP contribution in [0.5, 0.6) is 0 Å². The molecule has 1 rings (SSSR count). The third-order valence-corrected chi connectivity index (χ3v) is 1.56. The Morgan fingerprint density at radius 3 is 3.27 bits per heavy atom. The molecule has 1 aromatic heterocycles. The summed E-state index contributed by atoms with van der Waals surface area (Å²) in [6, 6.07) is 0. The van der Waals surface area contributed by atoms with Gasteiger partial charge < -0.3 is 0 Å².